The lowest BCUT2D eigenvalue weighted by Crippen LogP contribution is -2.50. The summed E-state index contributed by atoms with van der Waals surface area (Å²) in [7, 11) is -3.61. The lowest BCUT2D eigenvalue weighted by molar-refractivity contribution is -0.119. The van der Waals surface area contributed by atoms with E-state index in [4.69, 9.17) is 5.14 Å². The van der Waals surface area contributed by atoms with Gasteiger partial charge in [0.1, 0.15) is 0 Å². The minimum atomic E-state index is -3.61. The van der Waals surface area contributed by atoms with Gasteiger partial charge in [-0.05, 0) is 12.8 Å². The van der Waals surface area contributed by atoms with E-state index in [2.05, 4.69) is 5.32 Å². The number of carbonyl (C=O) groups excluding carboxylic acids is 1. The topological polar surface area (TPSA) is 92.5 Å². The van der Waals surface area contributed by atoms with Gasteiger partial charge in [-0.1, -0.05) is 0 Å². The largest absolute Gasteiger partial charge is 0.352 e. The van der Waals surface area contributed by atoms with Crippen LogP contribution in [0.2, 0.25) is 0 Å². The van der Waals surface area contributed by atoms with E-state index in [1.807, 2.05) is 0 Å². The molecule has 1 amide bonds. The van der Waals surface area contributed by atoms with Crippen molar-refractivity contribution in [2.45, 2.75) is 25.8 Å². The Hall–Kier alpha value is -0.660. The number of piperidine rings is 1. The van der Waals surface area contributed by atoms with Gasteiger partial charge in [-0.3, -0.25) is 4.79 Å². The molecule has 6 nitrogen and oxygen atoms in total. The molecule has 0 radical (unpaired) electrons. The van der Waals surface area contributed by atoms with Crippen LogP contribution in [0.4, 0.5) is 0 Å². The lowest BCUT2D eigenvalue weighted by atomic mass is 10.1. The van der Waals surface area contributed by atoms with E-state index in [1.165, 1.54) is 11.2 Å². The average molecular weight is 221 g/mol. The molecule has 1 unspecified atom stereocenters. The zero-order valence-electron chi connectivity index (χ0n) is 8.06. The summed E-state index contributed by atoms with van der Waals surface area (Å²) in [5, 5.41) is 7.67. The average Bonchev–Trinajstić information content (AvgIpc) is 2.01. The van der Waals surface area contributed by atoms with Gasteiger partial charge in [0.2, 0.25) is 5.91 Å². The first-order chi connectivity index (χ1) is 6.39. The molecule has 1 aliphatic heterocycles. The number of nitrogens with two attached hydrogens (primary N) is 1. The molecule has 1 atom stereocenters. The van der Waals surface area contributed by atoms with Crippen molar-refractivity contribution in [1.29, 1.82) is 0 Å². The van der Waals surface area contributed by atoms with Gasteiger partial charge < -0.3 is 5.32 Å². The number of carbonyl (C=O) groups is 1. The van der Waals surface area contributed by atoms with E-state index in [9.17, 15) is 13.2 Å². The third-order valence-electron chi connectivity index (χ3n) is 2.15. The van der Waals surface area contributed by atoms with Gasteiger partial charge in [-0.2, -0.15) is 12.7 Å². The summed E-state index contributed by atoms with van der Waals surface area (Å²) in [5.41, 5.74) is 0. The predicted molar refractivity (Wildman–Crippen MR) is 51.5 cm³/mol. The highest BCUT2D eigenvalue weighted by atomic mass is 32.2. The van der Waals surface area contributed by atoms with Gasteiger partial charge in [0, 0.05) is 26.1 Å². The zero-order valence-corrected chi connectivity index (χ0v) is 8.88. The number of hydrogen-bond acceptors (Lipinski definition) is 3. The monoisotopic (exact) mass is 221 g/mol. The van der Waals surface area contributed by atoms with Crippen molar-refractivity contribution < 1.29 is 13.2 Å². The fourth-order valence-electron chi connectivity index (χ4n) is 1.58. The van der Waals surface area contributed by atoms with Crippen molar-refractivity contribution in [2.75, 3.05) is 13.1 Å². The van der Waals surface area contributed by atoms with E-state index in [1.54, 1.807) is 0 Å². The fraction of sp³-hybridized carbons (Fsp3) is 0.857. The van der Waals surface area contributed by atoms with E-state index in [-0.39, 0.29) is 18.5 Å². The molecule has 0 aromatic carbocycles. The Morgan fingerprint density at radius 2 is 2.21 bits per heavy atom. The second-order valence-electron chi connectivity index (χ2n) is 3.44. The van der Waals surface area contributed by atoms with Gasteiger partial charge >= 0.3 is 0 Å². The molecule has 82 valence electrons. The highest BCUT2D eigenvalue weighted by Gasteiger charge is 2.26. The van der Waals surface area contributed by atoms with Gasteiger partial charge in [-0.15, -0.1) is 0 Å². The summed E-state index contributed by atoms with van der Waals surface area (Å²) in [6, 6.07) is -0.112. The summed E-state index contributed by atoms with van der Waals surface area (Å²) in [4.78, 5) is 10.8. The third kappa shape index (κ3) is 3.24. The number of amides is 1. The van der Waals surface area contributed by atoms with Crippen molar-refractivity contribution in [3.05, 3.63) is 0 Å². The lowest BCUT2D eigenvalue weighted by Gasteiger charge is -2.30. The first kappa shape index (κ1) is 11.4. The molecular formula is C7H15N3O3S. The Labute approximate surface area is 83.6 Å². The standard InChI is InChI=1S/C7H15N3O3S/c1-6(11)9-7-3-2-4-10(5-7)14(8,12)13/h7H,2-5H2,1H3,(H,9,11)(H2,8,12,13). The Morgan fingerprint density at radius 3 is 2.71 bits per heavy atom. The summed E-state index contributed by atoms with van der Waals surface area (Å²) in [5.74, 6) is -0.147. The van der Waals surface area contributed by atoms with E-state index in [0.29, 0.717) is 6.54 Å². The van der Waals surface area contributed by atoms with Crippen LogP contribution in [0.1, 0.15) is 19.8 Å². The van der Waals surface area contributed by atoms with Gasteiger partial charge in [0.15, 0.2) is 0 Å². The smallest absolute Gasteiger partial charge is 0.276 e. The quantitative estimate of drug-likeness (QED) is 0.613. The molecule has 0 spiro atoms. The maximum atomic E-state index is 11.0. The van der Waals surface area contributed by atoms with Crippen LogP contribution < -0.4 is 10.5 Å². The highest BCUT2D eigenvalue weighted by molar-refractivity contribution is 7.86. The molecule has 14 heavy (non-hydrogen) atoms. The second-order valence-corrected chi connectivity index (χ2v) is 4.99. The molecule has 0 aromatic rings. The molecule has 1 fully saturated rings. The van der Waals surface area contributed by atoms with Crippen LogP contribution in [-0.2, 0) is 15.0 Å². The van der Waals surface area contributed by atoms with E-state index >= 15 is 0 Å². The molecule has 0 saturated carbocycles. The van der Waals surface area contributed by atoms with Crippen molar-refractivity contribution in [3.8, 4) is 0 Å². The van der Waals surface area contributed by atoms with Crippen molar-refractivity contribution in [2.24, 2.45) is 5.14 Å². The third-order valence-corrected chi connectivity index (χ3v) is 3.20. The SMILES string of the molecule is CC(=O)NC1CCCN(S(N)(=O)=O)C1. The minimum absolute atomic E-state index is 0.112. The van der Waals surface area contributed by atoms with Crippen molar-refractivity contribution in [1.82, 2.24) is 9.62 Å². The zero-order chi connectivity index (χ0) is 10.8. The second kappa shape index (κ2) is 4.24. The summed E-state index contributed by atoms with van der Waals surface area (Å²) in [6.07, 6.45) is 1.52. The molecular weight excluding hydrogens is 206 g/mol. The predicted octanol–water partition coefficient (Wildman–Crippen LogP) is -1.21. The highest BCUT2D eigenvalue weighted by Crippen LogP contribution is 2.11. The maximum absolute atomic E-state index is 11.0. The Bertz CT molecular complexity index is 314. The summed E-state index contributed by atoms with van der Waals surface area (Å²) in [6.45, 7) is 2.13. The maximum Gasteiger partial charge on any atom is 0.276 e. The van der Waals surface area contributed by atoms with Crippen LogP contribution in [0.15, 0.2) is 0 Å². The van der Waals surface area contributed by atoms with Crippen molar-refractivity contribution >= 4 is 16.1 Å². The van der Waals surface area contributed by atoms with E-state index < -0.39 is 10.2 Å². The minimum Gasteiger partial charge on any atom is -0.352 e. The molecule has 3 N–H and O–H groups in total. The summed E-state index contributed by atoms with van der Waals surface area (Å²) < 4.78 is 23.2. The Balaban J connectivity index is 2.56. The van der Waals surface area contributed by atoms with Crippen molar-refractivity contribution in [3.63, 3.8) is 0 Å². The van der Waals surface area contributed by atoms with Crippen LogP contribution in [-0.4, -0.2) is 37.8 Å². The number of nitrogens with one attached hydrogen (secondary N) is 1. The Morgan fingerprint density at radius 1 is 1.57 bits per heavy atom. The number of hydrogen-bond donors (Lipinski definition) is 2. The Kier molecular flexibility index (Phi) is 3.46. The molecule has 1 rings (SSSR count). The van der Waals surface area contributed by atoms with Crippen LogP contribution in [0.25, 0.3) is 0 Å². The normalized spacial score (nSPS) is 24.6. The molecule has 1 heterocycles. The molecule has 1 saturated heterocycles. The van der Waals surface area contributed by atoms with Gasteiger partial charge in [-0.25, -0.2) is 5.14 Å². The van der Waals surface area contributed by atoms with E-state index in [0.717, 1.165) is 12.8 Å². The first-order valence-corrected chi connectivity index (χ1v) is 5.95. The van der Waals surface area contributed by atoms with Crippen LogP contribution in [0.3, 0.4) is 0 Å². The van der Waals surface area contributed by atoms with Gasteiger partial charge in [0.05, 0.1) is 0 Å². The summed E-state index contributed by atoms with van der Waals surface area (Å²) >= 11 is 0. The van der Waals surface area contributed by atoms with Crippen LogP contribution in [0.5, 0.6) is 0 Å². The molecule has 0 aromatic heterocycles. The number of nitrogens with zero attached hydrogens (tertiary/aromatic N) is 1. The molecule has 0 aliphatic carbocycles. The fourth-order valence-corrected chi connectivity index (χ4v) is 2.35. The van der Waals surface area contributed by atoms with Crippen LogP contribution in [0, 0.1) is 0 Å². The number of rotatable bonds is 2. The first-order valence-electron chi connectivity index (χ1n) is 4.44. The molecule has 7 heteroatoms. The van der Waals surface area contributed by atoms with Gasteiger partial charge in [0.25, 0.3) is 10.2 Å². The molecule has 1 aliphatic rings. The molecule has 0 bridgehead atoms. The van der Waals surface area contributed by atoms with Crippen LogP contribution >= 0.6 is 0 Å².